The first-order valence-electron chi connectivity index (χ1n) is 3.00. The third-order valence-corrected chi connectivity index (χ3v) is 2.16. The van der Waals surface area contributed by atoms with E-state index in [0.717, 1.165) is 5.69 Å². The van der Waals surface area contributed by atoms with E-state index in [0.29, 0.717) is 5.44 Å². The summed E-state index contributed by atoms with van der Waals surface area (Å²) in [5, 5.41) is 0. The molecule has 10 heavy (non-hydrogen) atoms. The van der Waals surface area contributed by atoms with Crippen LogP contribution in [0.2, 0.25) is 0 Å². The maximum atomic E-state index is 10.9. The second kappa shape index (κ2) is 2.93. The van der Waals surface area contributed by atoms with E-state index in [1.54, 1.807) is 12.7 Å². The molecule has 1 aromatic heterocycles. The zero-order valence-corrected chi connectivity index (χ0v) is 6.96. The van der Waals surface area contributed by atoms with Gasteiger partial charge in [-0.25, -0.2) is 9.97 Å². The predicted octanol–water partition coefficient (Wildman–Crippen LogP) is 0.600. The largest absolute Gasteiger partial charge is 0.321 e. The van der Waals surface area contributed by atoms with Crippen LogP contribution in [0.25, 0.3) is 0 Å². The first-order chi connectivity index (χ1) is 4.70. The van der Waals surface area contributed by atoms with E-state index >= 15 is 0 Å². The fraction of sp³-hybridized carbons (Fsp3) is 0.333. The van der Waals surface area contributed by atoms with Gasteiger partial charge in [0, 0.05) is 5.69 Å². The van der Waals surface area contributed by atoms with E-state index in [9.17, 15) is 4.57 Å². The molecule has 3 nitrogen and oxygen atoms in total. The molecule has 1 atom stereocenters. The van der Waals surface area contributed by atoms with Gasteiger partial charge in [-0.05, 0) is 19.7 Å². The minimum absolute atomic E-state index is 0.664. The van der Waals surface area contributed by atoms with Crippen LogP contribution >= 0.6 is 7.80 Å². The molecule has 4 heteroatoms. The van der Waals surface area contributed by atoms with Crippen LogP contribution in [-0.2, 0) is 4.57 Å². The van der Waals surface area contributed by atoms with Gasteiger partial charge >= 0.3 is 0 Å². The highest BCUT2D eigenvalue weighted by atomic mass is 31.1. The Morgan fingerprint density at radius 1 is 1.50 bits per heavy atom. The van der Waals surface area contributed by atoms with E-state index in [1.165, 1.54) is 6.33 Å². The maximum absolute atomic E-state index is 10.9. The fourth-order valence-corrected chi connectivity index (χ4v) is 1.30. The summed E-state index contributed by atoms with van der Waals surface area (Å²) in [6, 6.07) is 1.75. The monoisotopic (exact) mass is 156 g/mol. The van der Waals surface area contributed by atoms with Gasteiger partial charge in [-0.2, -0.15) is 0 Å². The van der Waals surface area contributed by atoms with Crippen molar-refractivity contribution in [2.45, 2.75) is 6.92 Å². The molecular formula is C6H9N2OP. The van der Waals surface area contributed by atoms with Crippen LogP contribution in [0.3, 0.4) is 0 Å². The highest BCUT2D eigenvalue weighted by Gasteiger charge is 1.96. The van der Waals surface area contributed by atoms with Crippen molar-refractivity contribution in [3.63, 3.8) is 0 Å². The molecule has 0 bridgehead atoms. The summed E-state index contributed by atoms with van der Waals surface area (Å²) in [5.41, 5.74) is 1.53. The van der Waals surface area contributed by atoms with Crippen molar-refractivity contribution in [3.8, 4) is 0 Å². The second-order valence-electron chi connectivity index (χ2n) is 2.10. The van der Waals surface area contributed by atoms with Crippen LogP contribution in [-0.4, -0.2) is 16.6 Å². The van der Waals surface area contributed by atoms with Gasteiger partial charge < -0.3 is 4.57 Å². The molecule has 54 valence electrons. The third-order valence-electron chi connectivity index (χ3n) is 1.16. The molecule has 0 aromatic carbocycles. The Balaban J connectivity index is 3.07. The van der Waals surface area contributed by atoms with Crippen LogP contribution in [0.1, 0.15) is 5.69 Å². The number of hydrogen-bond donors (Lipinski definition) is 0. The standard InChI is InChI=1S/C6H9N2OP/c1-5-3-6(10(2)9)8-4-7-5/h3-4,10H,1-2H3. The van der Waals surface area contributed by atoms with Crippen LogP contribution < -0.4 is 5.44 Å². The predicted molar refractivity (Wildman–Crippen MR) is 41.3 cm³/mol. The minimum Gasteiger partial charge on any atom is -0.321 e. The first-order valence-corrected chi connectivity index (χ1v) is 4.90. The van der Waals surface area contributed by atoms with Gasteiger partial charge in [-0.3, -0.25) is 0 Å². The zero-order chi connectivity index (χ0) is 7.56. The molecule has 1 rings (SSSR count). The topological polar surface area (TPSA) is 42.9 Å². The Bertz CT molecular complexity index is 262. The van der Waals surface area contributed by atoms with Crippen molar-refractivity contribution in [1.82, 2.24) is 9.97 Å². The summed E-state index contributed by atoms with van der Waals surface area (Å²) in [6.07, 6.45) is 1.44. The van der Waals surface area contributed by atoms with Gasteiger partial charge in [0.05, 0.1) is 0 Å². The highest BCUT2D eigenvalue weighted by Crippen LogP contribution is 2.10. The van der Waals surface area contributed by atoms with Crippen molar-refractivity contribution in [1.29, 1.82) is 0 Å². The van der Waals surface area contributed by atoms with Gasteiger partial charge in [0.25, 0.3) is 0 Å². The van der Waals surface area contributed by atoms with Crippen LogP contribution in [0.5, 0.6) is 0 Å². The third kappa shape index (κ3) is 1.64. The first kappa shape index (κ1) is 7.42. The van der Waals surface area contributed by atoms with Gasteiger partial charge in [0.2, 0.25) is 0 Å². The molecule has 0 spiro atoms. The lowest BCUT2D eigenvalue weighted by molar-refractivity contribution is 0.595. The quantitative estimate of drug-likeness (QED) is 0.559. The van der Waals surface area contributed by atoms with Crippen molar-refractivity contribution in [2.24, 2.45) is 0 Å². The van der Waals surface area contributed by atoms with Gasteiger partial charge in [0.1, 0.15) is 19.6 Å². The Morgan fingerprint density at radius 2 is 2.20 bits per heavy atom. The number of nitrogens with zero attached hydrogens (tertiary/aromatic N) is 2. The molecule has 0 saturated heterocycles. The average Bonchev–Trinajstić information content (AvgIpc) is 1.88. The molecule has 1 unspecified atom stereocenters. The number of aryl methyl sites for hydroxylation is 1. The molecule has 0 fully saturated rings. The molecule has 0 N–H and O–H groups in total. The molecule has 0 aliphatic carbocycles. The van der Waals surface area contributed by atoms with Crippen molar-refractivity contribution < 1.29 is 4.57 Å². The number of aromatic nitrogens is 2. The molecule has 0 amide bonds. The molecule has 1 aromatic rings. The Kier molecular flexibility index (Phi) is 2.17. The lowest BCUT2D eigenvalue weighted by Crippen LogP contribution is -2.03. The van der Waals surface area contributed by atoms with Crippen LogP contribution in [0.4, 0.5) is 0 Å². The highest BCUT2D eigenvalue weighted by molar-refractivity contribution is 7.52. The van der Waals surface area contributed by atoms with Gasteiger partial charge in [-0.15, -0.1) is 0 Å². The lowest BCUT2D eigenvalue weighted by Gasteiger charge is -1.94. The molecule has 0 aliphatic rings. The minimum atomic E-state index is -1.64. The SMILES string of the molecule is Cc1cc([PH](C)=O)ncn1. The average molecular weight is 156 g/mol. The lowest BCUT2D eigenvalue weighted by atomic mass is 10.5. The van der Waals surface area contributed by atoms with Crippen LogP contribution in [0.15, 0.2) is 12.4 Å². The summed E-state index contributed by atoms with van der Waals surface area (Å²) in [6.45, 7) is 3.53. The zero-order valence-electron chi connectivity index (χ0n) is 5.96. The Morgan fingerprint density at radius 3 is 2.60 bits per heavy atom. The van der Waals surface area contributed by atoms with E-state index in [4.69, 9.17) is 0 Å². The molecule has 1 heterocycles. The second-order valence-corrected chi connectivity index (χ2v) is 3.73. The van der Waals surface area contributed by atoms with E-state index in [1.807, 2.05) is 6.92 Å². The Hall–Kier alpha value is -0.690. The smallest absolute Gasteiger partial charge is 0.118 e. The molecule has 0 saturated carbocycles. The van der Waals surface area contributed by atoms with E-state index < -0.39 is 7.80 Å². The molecule has 0 radical (unpaired) electrons. The summed E-state index contributed by atoms with van der Waals surface area (Å²) in [7, 11) is -1.64. The van der Waals surface area contributed by atoms with Crippen molar-refractivity contribution in [2.75, 3.05) is 6.66 Å². The maximum Gasteiger partial charge on any atom is 0.118 e. The van der Waals surface area contributed by atoms with Crippen LogP contribution in [0, 0.1) is 6.92 Å². The van der Waals surface area contributed by atoms with Crippen molar-refractivity contribution >= 4 is 13.2 Å². The fourth-order valence-electron chi connectivity index (χ4n) is 0.647. The number of hydrogen-bond acceptors (Lipinski definition) is 3. The van der Waals surface area contributed by atoms with E-state index in [2.05, 4.69) is 9.97 Å². The van der Waals surface area contributed by atoms with E-state index in [-0.39, 0.29) is 0 Å². The molecule has 0 aliphatic heterocycles. The summed E-state index contributed by atoms with van der Waals surface area (Å²) in [4.78, 5) is 7.75. The summed E-state index contributed by atoms with van der Waals surface area (Å²) < 4.78 is 10.9. The number of rotatable bonds is 1. The molecular weight excluding hydrogens is 147 g/mol. The summed E-state index contributed by atoms with van der Waals surface area (Å²) >= 11 is 0. The normalized spacial score (nSPS) is 13.0. The summed E-state index contributed by atoms with van der Waals surface area (Å²) in [5.74, 6) is 0. The Labute approximate surface area is 60.3 Å². The van der Waals surface area contributed by atoms with Crippen molar-refractivity contribution in [3.05, 3.63) is 18.1 Å². The van der Waals surface area contributed by atoms with Gasteiger partial charge in [0.15, 0.2) is 0 Å². The van der Waals surface area contributed by atoms with Gasteiger partial charge in [-0.1, -0.05) is 0 Å².